The van der Waals surface area contributed by atoms with Gasteiger partial charge in [0.05, 0.1) is 0 Å². The van der Waals surface area contributed by atoms with Crippen molar-refractivity contribution in [2.24, 2.45) is 22.5 Å². The van der Waals surface area contributed by atoms with E-state index >= 15 is 0 Å². The van der Waals surface area contributed by atoms with Gasteiger partial charge in [0.2, 0.25) is 0 Å². The third kappa shape index (κ3) is 2.46. The van der Waals surface area contributed by atoms with Gasteiger partial charge in [0.15, 0.2) is 0 Å². The van der Waals surface area contributed by atoms with Crippen molar-refractivity contribution in [2.75, 3.05) is 11.9 Å². The maximum atomic E-state index is 5.98. The second-order valence-electron chi connectivity index (χ2n) is 6.43. The quantitative estimate of drug-likeness (QED) is 0.823. The topological polar surface area (TPSA) is 38.0 Å². The van der Waals surface area contributed by atoms with Gasteiger partial charge in [-0.3, -0.25) is 0 Å². The summed E-state index contributed by atoms with van der Waals surface area (Å²) in [6, 6.07) is 5.61. The van der Waals surface area contributed by atoms with Crippen molar-refractivity contribution < 1.29 is 0 Å². The Morgan fingerprint density at radius 1 is 1.32 bits per heavy atom. The fourth-order valence-electron chi connectivity index (χ4n) is 2.93. The highest BCUT2D eigenvalue weighted by molar-refractivity contribution is 7.80. The Morgan fingerprint density at radius 2 is 1.89 bits per heavy atom. The molecule has 1 aromatic carbocycles. The Hall–Kier alpha value is -0.800. The van der Waals surface area contributed by atoms with Gasteiger partial charge in [-0.2, -0.15) is 0 Å². The molecule has 0 unspecified atom stereocenters. The molecule has 1 aromatic rings. The Kier molecular flexibility index (Phi) is 3.56. The summed E-state index contributed by atoms with van der Waals surface area (Å²) in [7, 11) is 0. The molecule has 4 heteroatoms. The van der Waals surface area contributed by atoms with E-state index in [0.717, 1.165) is 17.8 Å². The summed E-state index contributed by atoms with van der Waals surface area (Å²) in [5, 5.41) is 4.12. The molecule has 1 aliphatic carbocycles. The predicted octanol–water partition coefficient (Wildman–Crippen LogP) is 4.07. The highest BCUT2D eigenvalue weighted by Gasteiger charge is 2.64. The molecule has 2 nitrogen and oxygen atoms in total. The molecule has 104 valence electrons. The molecule has 0 bridgehead atoms. The second-order valence-corrected chi connectivity index (χ2v) is 7.31. The van der Waals surface area contributed by atoms with Gasteiger partial charge in [0, 0.05) is 22.8 Å². The van der Waals surface area contributed by atoms with Crippen LogP contribution in [0.1, 0.15) is 33.3 Å². The van der Waals surface area contributed by atoms with Gasteiger partial charge >= 0.3 is 0 Å². The number of rotatable bonds is 4. The fraction of sp³-hybridized carbons (Fsp3) is 0.533. The van der Waals surface area contributed by atoms with E-state index in [1.54, 1.807) is 0 Å². The first-order chi connectivity index (χ1) is 8.68. The normalized spacial score (nSPS) is 20.1. The second kappa shape index (κ2) is 4.64. The molecule has 0 atom stereocenters. The molecule has 0 saturated heterocycles. The molecule has 0 radical (unpaired) electrons. The van der Waals surface area contributed by atoms with Crippen LogP contribution in [-0.4, -0.2) is 11.5 Å². The highest BCUT2D eigenvalue weighted by Crippen LogP contribution is 2.68. The van der Waals surface area contributed by atoms with Gasteiger partial charge in [-0.1, -0.05) is 51.5 Å². The lowest BCUT2D eigenvalue weighted by molar-refractivity contribution is 0.457. The van der Waals surface area contributed by atoms with E-state index in [9.17, 15) is 0 Å². The van der Waals surface area contributed by atoms with Crippen molar-refractivity contribution in [3.8, 4) is 0 Å². The maximum Gasteiger partial charge on any atom is 0.106 e. The molecule has 0 amide bonds. The van der Waals surface area contributed by atoms with Crippen LogP contribution >= 0.6 is 23.8 Å². The van der Waals surface area contributed by atoms with Gasteiger partial charge in [0.25, 0.3) is 0 Å². The fourth-order valence-corrected chi connectivity index (χ4v) is 3.27. The van der Waals surface area contributed by atoms with E-state index in [-0.39, 0.29) is 0 Å². The van der Waals surface area contributed by atoms with E-state index in [1.807, 2.05) is 18.2 Å². The number of thiocarbonyl (C=S) groups is 1. The Bertz CT molecular complexity index is 509. The minimum absolute atomic E-state index is 0.371. The monoisotopic (exact) mass is 296 g/mol. The summed E-state index contributed by atoms with van der Waals surface area (Å²) >= 11 is 11.1. The van der Waals surface area contributed by atoms with Crippen molar-refractivity contribution >= 4 is 34.5 Å². The minimum Gasteiger partial charge on any atom is -0.389 e. The van der Waals surface area contributed by atoms with Gasteiger partial charge in [-0.05, 0) is 34.9 Å². The maximum absolute atomic E-state index is 5.98. The first-order valence-corrected chi connectivity index (χ1v) is 7.30. The van der Waals surface area contributed by atoms with E-state index in [4.69, 9.17) is 29.6 Å². The summed E-state index contributed by atoms with van der Waals surface area (Å²) in [6.45, 7) is 10.2. The number of hydrogen-bond donors (Lipinski definition) is 2. The number of nitrogens with two attached hydrogens (primary N) is 1. The summed E-state index contributed by atoms with van der Waals surface area (Å²) in [5.74, 6) is 0.648. The van der Waals surface area contributed by atoms with Crippen LogP contribution in [0, 0.1) is 16.7 Å². The van der Waals surface area contributed by atoms with Crippen molar-refractivity contribution in [1.29, 1.82) is 0 Å². The molecule has 19 heavy (non-hydrogen) atoms. The number of anilines is 1. The summed E-state index contributed by atoms with van der Waals surface area (Å²) in [5.41, 5.74) is 8.27. The van der Waals surface area contributed by atoms with E-state index < -0.39 is 0 Å². The molecule has 3 N–H and O–H groups in total. The first kappa shape index (κ1) is 14.6. The third-order valence-electron chi connectivity index (χ3n) is 5.06. The van der Waals surface area contributed by atoms with Gasteiger partial charge in [0.1, 0.15) is 4.99 Å². The molecule has 0 aliphatic heterocycles. The average Bonchev–Trinajstić information content (AvgIpc) is 2.68. The van der Waals surface area contributed by atoms with E-state index in [1.165, 1.54) is 0 Å². The molecule has 1 fully saturated rings. The van der Waals surface area contributed by atoms with Crippen molar-refractivity contribution in [3.63, 3.8) is 0 Å². The first-order valence-electron chi connectivity index (χ1n) is 6.51. The summed E-state index contributed by atoms with van der Waals surface area (Å²) in [6.07, 6.45) is 0. The summed E-state index contributed by atoms with van der Waals surface area (Å²) < 4.78 is 0. The largest absolute Gasteiger partial charge is 0.389 e. The van der Waals surface area contributed by atoms with Crippen molar-refractivity contribution in [2.45, 2.75) is 27.7 Å². The Balaban J connectivity index is 2.11. The molecular formula is C15H21ClN2S. The van der Waals surface area contributed by atoms with Crippen LogP contribution < -0.4 is 11.1 Å². The lowest BCUT2D eigenvalue weighted by Crippen LogP contribution is -2.15. The molecule has 1 saturated carbocycles. The van der Waals surface area contributed by atoms with E-state index in [2.05, 4.69) is 33.0 Å². The zero-order valence-corrected chi connectivity index (χ0v) is 13.5. The van der Waals surface area contributed by atoms with Gasteiger partial charge in [-0.25, -0.2) is 0 Å². The van der Waals surface area contributed by atoms with Crippen LogP contribution in [0.25, 0.3) is 0 Å². The van der Waals surface area contributed by atoms with Crippen LogP contribution in [0.4, 0.5) is 5.69 Å². The minimum atomic E-state index is 0.371. The van der Waals surface area contributed by atoms with Crippen LogP contribution in [-0.2, 0) is 0 Å². The summed E-state index contributed by atoms with van der Waals surface area (Å²) in [4.78, 5) is 0.374. The zero-order chi connectivity index (χ0) is 14.4. The number of halogens is 1. The SMILES string of the molecule is CC1(C)C(CNc2ccc(Cl)cc2C(N)=S)C1(C)C. The lowest BCUT2D eigenvalue weighted by Gasteiger charge is -2.12. The van der Waals surface area contributed by atoms with Crippen LogP contribution in [0.5, 0.6) is 0 Å². The average molecular weight is 297 g/mol. The Labute approximate surface area is 125 Å². The Morgan fingerprint density at radius 3 is 2.37 bits per heavy atom. The van der Waals surface area contributed by atoms with Crippen molar-refractivity contribution in [3.05, 3.63) is 28.8 Å². The van der Waals surface area contributed by atoms with Gasteiger partial charge < -0.3 is 11.1 Å². The molecular weight excluding hydrogens is 276 g/mol. The van der Waals surface area contributed by atoms with E-state index in [0.29, 0.717) is 26.8 Å². The highest BCUT2D eigenvalue weighted by atomic mass is 35.5. The molecule has 0 spiro atoms. The predicted molar refractivity (Wildman–Crippen MR) is 86.9 cm³/mol. The molecule has 0 aromatic heterocycles. The molecule has 0 heterocycles. The number of benzene rings is 1. The number of hydrogen-bond acceptors (Lipinski definition) is 2. The van der Waals surface area contributed by atoms with Crippen LogP contribution in [0.15, 0.2) is 18.2 Å². The number of nitrogens with one attached hydrogen (secondary N) is 1. The molecule has 1 aliphatic rings. The van der Waals surface area contributed by atoms with Crippen molar-refractivity contribution in [1.82, 2.24) is 0 Å². The van der Waals surface area contributed by atoms with Crippen LogP contribution in [0.3, 0.4) is 0 Å². The standard InChI is InChI=1S/C15H21ClN2S/c1-14(2)12(15(14,3)4)8-18-11-6-5-9(16)7-10(11)13(17)19/h5-7,12,18H,8H2,1-4H3,(H2,17,19). The lowest BCUT2D eigenvalue weighted by atomic mass is 10.0. The smallest absolute Gasteiger partial charge is 0.106 e. The zero-order valence-electron chi connectivity index (χ0n) is 11.9. The molecule has 2 rings (SSSR count). The third-order valence-corrected chi connectivity index (χ3v) is 5.52. The van der Waals surface area contributed by atoms with Crippen LogP contribution in [0.2, 0.25) is 5.02 Å². The van der Waals surface area contributed by atoms with Gasteiger partial charge in [-0.15, -0.1) is 0 Å².